The average Bonchev–Trinajstić information content (AvgIpc) is 2.02. The van der Waals surface area contributed by atoms with Crippen LogP contribution in [0, 0.1) is 32.1 Å². The van der Waals surface area contributed by atoms with Crippen molar-refractivity contribution in [3.05, 3.63) is 34.4 Å². The molecule has 68 valence electrons. The van der Waals surface area contributed by atoms with Gasteiger partial charge in [0.2, 0.25) is 0 Å². The lowest BCUT2D eigenvalue weighted by atomic mass is 9.95. The first-order valence-corrected chi connectivity index (χ1v) is 4.29. The molecule has 0 aliphatic carbocycles. The van der Waals surface area contributed by atoms with Gasteiger partial charge in [-0.2, -0.15) is 5.26 Å². The molecule has 2 heteroatoms. The number of rotatable bonds is 1. The van der Waals surface area contributed by atoms with Gasteiger partial charge in [0, 0.05) is 0 Å². The summed E-state index contributed by atoms with van der Waals surface area (Å²) in [6, 6.07) is 5.67. The lowest BCUT2D eigenvalue weighted by molar-refractivity contribution is 0.900. The van der Waals surface area contributed by atoms with Crippen molar-refractivity contribution in [3.63, 3.8) is 0 Å². The van der Waals surface area contributed by atoms with Crippen molar-refractivity contribution in [3.8, 4) is 6.07 Å². The third-order valence-electron chi connectivity index (χ3n) is 2.19. The molecule has 2 nitrogen and oxygen atoms in total. The van der Waals surface area contributed by atoms with Crippen LogP contribution in [-0.4, -0.2) is 0 Å². The number of nitrogens with zero attached hydrogens (tertiary/aromatic N) is 1. The molecule has 2 N–H and O–H groups in total. The quantitative estimate of drug-likeness (QED) is 0.709. The van der Waals surface area contributed by atoms with Gasteiger partial charge in [-0.05, 0) is 37.5 Å². The summed E-state index contributed by atoms with van der Waals surface area (Å²) in [5.74, 6) is 0. The summed E-state index contributed by atoms with van der Waals surface area (Å²) in [6.07, 6.45) is 0. The Labute approximate surface area is 79.0 Å². The summed E-state index contributed by atoms with van der Waals surface area (Å²) in [5, 5.41) is 8.73. The summed E-state index contributed by atoms with van der Waals surface area (Å²) in [4.78, 5) is 0. The van der Waals surface area contributed by atoms with E-state index in [1.54, 1.807) is 0 Å². The molecule has 0 spiro atoms. The molecule has 13 heavy (non-hydrogen) atoms. The van der Waals surface area contributed by atoms with Gasteiger partial charge in [-0.1, -0.05) is 17.7 Å². The van der Waals surface area contributed by atoms with E-state index in [2.05, 4.69) is 18.2 Å². The highest BCUT2D eigenvalue weighted by atomic mass is 14.6. The van der Waals surface area contributed by atoms with Crippen molar-refractivity contribution in [2.75, 3.05) is 0 Å². The predicted octanol–water partition coefficient (Wildman–Crippen LogP) is 2.14. The van der Waals surface area contributed by atoms with E-state index >= 15 is 0 Å². The Bertz CT molecular complexity index is 338. The van der Waals surface area contributed by atoms with Gasteiger partial charge in [-0.3, -0.25) is 0 Å². The topological polar surface area (TPSA) is 49.8 Å². The van der Waals surface area contributed by atoms with E-state index in [1.807, 2.05) is 20.8 Å². The van der Waals surface area contributed by atoms with E-state index in [0.717, 1.165) is 16.7 Å². The highest BCUT2D eigenvalue weighted by Crippen LogP contribution is 2.21. The summed E-state index contributed by atoms with van der Waals surface area (Å²) >= 11 is 0. The maximum atomic E-state index is 8.73. The highest BCUT2D eigenvalue weighted by Gasteiger charge is 2.10. The van der Waals surface area contributed by atoms with Crippen molar-refractivity contribution in [2.24, 2.45) is 5.73 Å². The molecular weight excluding hydrogens is 160 g/mol. The van der Waals surface area contributed by atoms with Gasteiger partial charge in [0.25, 0.3) is 0 Å². The van der Waals surface area contributed by atoms with Crippen LogP contribution in [0.2, 0.25) is 0 Å². The van der Waals surface area contributed by atoms with Gasteiger partial charge in [0.15, 0.2) is 0 Å². The Morgan fingerprint density at radius 3 is 2.08 bits per heavy atom. The minimum Gasteiger partial charge on any atom is -0.312 e. The maximum Gasteiger partial charge on any atom is 0.119 e. The number of nitrogens with two attached hydrogens (primary N) is 1. The lowest BCUT2D eigenvalue weighted by Gasteiger charge is -2.12. The zero-order valence-electron chi connectivity index (χ0n) is 8.26. The molecule has 0 aliphatic heterocycles. The van der Waals surface area contributed by atoms with Gasteiger partial charge in [0.05, 0.1) is 6.07 Å². The SMILES string of the molecule is Cc1cc(C)c([C@@H](N)C#N)c(C)c1. The monoisotopic (exact) mass is 174 g/mol. The Kier molecular flexibility index (Phi) is 2.69. The molecule has 0 unspecified atom stereocenters. The van der Waals surface area contributed by atoms with Crippen molar-refractivity contribution < 1.29 is 0 Å². The van der Waals surface area contributed by atoms with Gasteiger partial charge in [0.1, 0.15) is 6.04 Å². The van der Waals surface area contributed by atoms with Crippen molar-refractivity contribution in [1.29, 1.82) is 5.26 Å². The van der Waals surface area contributed by atoms with Crippen LogP contribution in [0.5, 0.6) is 0 Å². The fourth-order valence-electron chi connectivity index (χ4n) is 1.75. The summed E-state index contributed by atoms with van der Waals surface area (Å²) in [6.45, 7) is 6.03. The number of nitriles is 1. The van der Waals surface area contributed by atoms with E-state index in [0.29, 0.717) is 0 Å². The van der Waals surface area contributed by atoms with Crippen LogP contribution in [0.15, 0.2) is 12.1 Å². The normalized spacial score (nSPS) is 12.2. The second-order valence-electron chi connectivity index (χ2n) is 3.42. The van der Waals surface area contributed by atoms with Crippen molar-refractivity contribution in [1.82, 2.24) is 0 Å². The number of hydrogen-bond acceptors (Lipinski definition) is 2. The molecule has 1 aromatic rings. The fraction of sp³-hybridized carbons (Fsp3) is 0.364. The van der Waals surface area contributed by atoms with Crippen LogP contribution in [-0.2, 0) is 0 Å². The zero-order chi connectivity index (χ0) is 10.0. The van der Waals surface area contributed by atoms with Gasteiger partial charge < -0.3 is 5.73 Å². The lowest BCUT2D eigenvalue weighted by Crippen LogP contribution is -2.11. The molecule has 0 bridgehead atoms. The predicted molar refractivity (Wildman–Crippen MR) is 53.2 cm³/mol. The zero-order valence-corrected chi connectivity index (χ0v) is 8.26. The first-order valence-electron chi connectivity index (χ1n) is 4.29. The molecule has 0 aromatic heterocycles. The average molecular weight is 174 g/mol. The first-order chi connectivity index (χ1) is 6.06. The molecule has 0 saturated heterocycles. The Hall–Kier alpha value is -1.33. The van der Waals surface area contributed by atoms with Crippen molar-refractivity contribution >= 4 is 0 Å². The van der Waals surface area contributed by atoms with Crippen LogP contribution >= 0.6 is 0 Å². The second-order valence-corrected chi connectivity index (χ2v) is 3.42. The molecule has 1 rings (SSSR count). The number of hydrogen-bond donors (Lipinski definition) is 1. The summed E-state index contributed by atoms with van der Waals surface area (Å²) in [7, 11) is 0. The maximum absolute atomic E-state index is 8.73. The smallest absolute Gasteiger partial charge is 0.119 e. The third kappa shape index (κ3) is 1.88. The highest BCUT2D eigenvalue weighted by molar-refractivity contribution is 5.41. The molecule has 0 radical (unpaired) electrons. The van der Waals surface area contributed by atoms with E-state index in [-0.39, 0.29) is 0 Å². The van der Waals surface area contributed by atoms with E-state index in [4.69, 9.17) is 11.0 Å². The number of aryl methyl sites for hydroxylation is 3. The molecule has 1 atom stereocenters. The van der Waals surface area contributed by atoms with E-state index < -0.39 is 6.04 Å². The van der Waals surface area contributed by atoms with Crippen LogP contribution < -0.4 is 5.73 Å². The molecule has 1 aromatic carbocycles. The minimum atomic E-state index is -0.499. The Morgan fingerprint density at radius 1 is 1.23 bits per heavy atom. The summed E-state index contributed by atoms with van der Waals surface area (Å²) in [5.41, 5.74) is 10.1. The first kappa shape index (κ1) is 9.76. The van der Waals surface area contributed by atoms with Gasteiger partial charge in [-0.25, -0.2) is 0 Å². The van der Waals surface area contributed by atoms with Crippen LogP contribution in [0.4, 0.5) is 0 Å². The molecule has 0 aliphatic rings. The van der Waals surface area contributed by atoms with Gasteiger partial charge >= 0.3 is 0 Å². The van der Waals surface area contributed by atoms with E-state index in [9.17, 15) is 0 Å². The molecular formula is C11H14N2. The Morgan fingerprint density at radius 2 is 1.69 bits per heavy atom. The minimum absolute atomic E-state index is 0.499. The number of benzene rings is 1. The molecule has 0 fully saturated rings. The standard InChI is InChI=1S/C11H14N2/c1-7-4-8(2)11(9(3)5-7)10(13)6-12/h4-5,10H,13H2,1-3H3/t10-/m0/s1. The van der Waals surface area contributed by atoms with Crippen LogP contribution in [0.25, 0.3) is 0 Å². The molecule has 0 amide bonds. The largest absolute Gasteiger partial charge is 0.312 e. The Balaban J connectivity index is 3.30. The van der Waals surface area contributed by atoms with Crippen LogP contribution in [0.3, 0.4) is 0 Å². The molecule has 0 heterocycles. The summed E-state index contributed by atoms with van der Waals surface area (Å²) < 4.78 is 0. The van der Waals surface area contributed by atoms with Crippen molar-refractivity contribution in [2.45, 2.75) is 26.8 Å². The van der Waals surface area contributed by atoms with E-state index in [1.165, 1.54) is 5.56 Å². The van der Waals surface area contributed by atoms with Gasteiger partial charge in [-0.15, -0.1) is 0 Å². The van der Waals surface area contributed by atoms with Crippen LogP contribution in [0.1, 0.15) is 28.3 Å². The second kappa shape index (κ2) is 3.59. The third-order valence-corrected chi connectivity index (χ3v) is 2.19. The molecule has 0 saturated carbocycles. The fourth-order valence-corrected chi connectivity index (χ4v) is 1.75.